The van der Waals surface area contributed by atoms with Gasteiger partial charge in [-0.1, -0.05) is 30.7 Å². The summed E-state index contributed by atoms with van der Waals surface area (Å²) in [5.41, 5.74) is 0.428. The topological polar surface area (TPSA) is 25.8 Å². The fourth-order valence-electron chi connectivity index (χ4n) is 1.78. The van der Waals surface area contributed by atoms with Crippen LogP contribution >= 0.6 is 11.6 Å². The Balaban J connectivity index is 2.36. The summed E-state index contributed by atoms with van der Waals surface area (Å²) in [4.78, 5) is 8.39. The Hall–Kier alpha value is -1.62. The number of hydrogen-bond donors (Lipinski definition) is 0. The van der Waals surface area contributed by atoms with E-state index in [1.807, 2.05) is 6.92 Å². The number of benzene rings is 1. The summed E-state index contributed by atoms with van der Waals surface area (Å²) < 4.78 is 37.5. The number of halogens is 4. The van der Waals surface area contributed by atoms with Crippen LogP contribution in [-0.4, -0.2) is 9.97 Å². The van der Waals surface area contributed by atoms with Gasteiger partial charge in [-0.3, -0.25) is 0 Å². The summed E-state index contributed by atoms with van der Waals surface area (Å²) in [6.45, 7) is 1.99. The first-order valence-electron chi connectivity index (χ1n) is 6.11. The van der Waals surface area contributed by atoms with Crippen molar-refractivity contribution >= 4 is 11.6 Å². The second kappa shape index (κ2) is 5.79. The van der Waals surface area contributed by atoms with Crippen LogP contribution in [0.1, 0.15) is 24.7 Å². The highest BCUT2D eigenvalue weighted by atomic mass is 35.5. The van der Waals surface area contributed by atoms with E-state index in [1.54, 1.807) is 6.07 Å². The first-order chi connectivity index (χ1) is 9.40. The van der Waals surface area contributed by atoms with Crippen molar-refractivity contribution in [3.05, 3.63) is 46.9 Å². The molecule has 0 bridgehead atoms. The van der Waals surface area contributed by atoms with Crippen LogP contribution in [-0.2, 0) is 12.6 Å². The van der Waals surface area contributed by atoms with Gasteiger partial charge in [0.1, 0.15) is 11.0 Å². The van der Waals surface area contributed by atoms with Crippen molar-refractivity contribution < 1.29 is 13.2 Å². The molecule has 0 fully saturated rings. The second-order valence-corrected chi connectivity index (χ2v) is 4.70. The highest BCUT2D eigenvalue weighted by Crippen LogP contribution is 2.30. The number of aryl methyl sites for hydroxylation is 1. The van der Waals surface area contributed by atoms with Crippen LogP contribution in [0.5, 0.6) is 0 Å². The zero-order valence-corrected chi connectivity index (χ0v) is 11.5. The van der Waals surface area contributed by atoms with Crippen LogP contribution < -0.4 is 0 Å². The molecule has 0 aliphatic carbocycles. The maximum atomic E-state index is 12.5. The lowest BCUT2D eigenvalue weighted by atomic mass is 10.1. The maximum absolute atomic E-state index is 12.5. The van der Waals surface area contributed by atoms with Crippen molar-refractivity contribution in [2.24, 2.45) is 0 Å². The minimum atomic E-state index is -4.34. The molecule has 1 aromatic carbocycles. The van der Waals surface area contributed by atoms with Gasteiger partial charge in [0.15, 0.2) is 0 Å². The zero-order valence-electron chi connectivity index (χ0n) is 10.7. The molecule has 0 spiro atoms. The average Bonchev–Trinajstić information content (AvgIpc) is 2.37. The van der Waals surface area contributed by atoms with Gasteiger partial charge in [-0.2, -0.15) is 13.2 Å². The number of hydrogen-bond acceptors (Lipinski definition) is 2. The molecule has 0 aliphatic heterocycles. The number of rotatable bonds is 3. The van der Waals surface area contributed by atoms with E-state index in [4.69, 9.17) is 11.6 Å². The van der Waals surface area contributed by atoms with Gasteiger partial charge in [0.2, 0.25) is 0 Å². The molecule has 2 aromatic rings. The van der Waals surface area contributed by atoms with Crippen molar-refractivity contribution in [3.63, 3.8) is 0 Å². The molecule has 1 aromatic heterocycles. The molecule has 0 aliphatic rings. The van der Waals surface area contributed by atoms with Crippen molar-refractivity contribution in [2.75, 3.05) is 0 Å². The molecule has 0 saturated heterocycles. The minimum absolute atomic E-state index is 0.290. The molecular weight excluding hydrogens is 289 g/mol. The van der Waals surface area contributed by atoms with Gasteiger partial charge in [-0.05, 0) is 18.6 Å². The Morgan fingerprint density at radius 1 is 1.10 bits per heavy atom. The van der Waals surface area contributed by atoms with Crippen LogP contribution in [0.25, 0.3) is 11.3 Å². The molecule has 2 rings (SSSR count). The number of aromatic nitrogens is 2. The van der Waals surface area contributed by atoms with Crippen LogP contribution in [0.15, 0.2) is 30.3 Å². The second-order valence-electron chi connectivity index (χ2n) is 4.32. The minimum Gasteiger partial charge on any atom is -0.233 e. The first-order valence-corrected chi connectivity index (χ1v) is 6.49. The average molecular weight is 301 g/mol. The molecule has 20 heavy (non-hydrogen) atoms. The lowest BCUT2D eigenvalue weighted by molar-refractivity contribution is -0.137. The molecule has 2 nitrogen and oxygen atoms in total. The van der Waals surface area contributed by atoms with Gasteiger partial charge < -0.3 is 0 Å². The van der Waals surface area contributed by atoms with Crippen LogP contribution in [0.4, 0.5) is 13.2 Å². The predicted octanol–water partition coefficient (Wildman–Crippen LogP) is 4.77. The van der Waals surface area contributed by atoms with Crippen LogP contribution in [0.3, 0.4) is 0 Å². The zero-order chi connectivity index (χ0) is 14.8. The summed E-state index contributed by atoms with van der Waals surface area (Å²) in [6.07, 6.45) is -2.80. The third kappa shape index (κ3) is 3.48. The summed E-state index contributed by atoms with van der Waals surface area (Å²) in [6, 6.07) is 6.38. The van der Waals surface area contributed by atoms with Gasteiger partial charge in [0.25, 0.3) is 0 Å². The van der Waals surface area contributed by atoms with E-state index in [0.717, 1.165) is 18.6 Å². The van der Waals surface area contributed by atoms with E-state index < -0.39 is 11.7 Å². The number of nitrogens with zero attached hydrogens (tertiary/aromatic N) is 2. The van der Waals surface area contributed by atoms with E-state index in [0.29, 0.717) is 28.7 Å². The molecule has 0 unspecified atom stereocenters. The van der Waals surface area contributed by atoms with E-state index in [2.05, 4.69) is 9.97 Å². The van der Waals surface area contributed by atoms with E-state index in [1.165, 1.54) is 12.1 Å². The normalized spacial score (nSPS) is 11.7. The molecule has 0 amide bonds. The molecule has 1 heterocycles. The Labute approximate surface area is 119 Å². The largest absolute Gasteiger partial charge is 0.416 e. The molecule has 106 valence electrons. The maximum Gasteiger partial charge on any atom is 0.416 e. The molecule has 6 heteroatoms. The van der Waals surface area contributed by atoms with Crippen molar-refractivity contribution in [3.8, 4) is 11.3 Å². The van der Waals surface area contributed by atoms with Crippen molar-refractivity contribution in [2.45, 2.75) is 25.9 Å². The van der Waals surface area contributed by atoms with Crippen molar-refractivity contribution in [1.29, 1.82) is 0 Å². The molecule has 0 N–H and O–H groups in total. The van der Waals surface area contributed by atoms with Crippen molar-refractivity contribution in [1.82, 2.24) is 9.97 Å². The van der Waals surface area contributed by atoms with Gasteiger partial charge in [0.05, 0.1) is 11.3 Å². The van der Waals surface area contributed by atoms with Gasteiger partial charge in [-0.25, -0.2) is 9.97 Å². The van der Waals surface area contributed by atoms with Crippen LogP contribution in [0.2, 0.25) is 5.15 Å². The summed E-state index contributed by atoms with van der Waals surface area (Å²) >= 11 is 5.91. The third-order valence-electron chi connectivity index (χ3n) is 2.72. The van der Waals surface area contributed by atoms with Crippen LogP contribution in [0, 0.1) is 0 Å². The highest BCUT2D eigenvalue weighted by Gasteiger charge is 2.30. The molecular formula is C14H12ClF3N2. The Kier molecular flexibility index (Phi) is 4.28. The smallest absolute Gasteiger partial charge is 0.233 e. The SMILES string of the molecule is CCCc1nc(Cl)cc(-c2ccc(C(F)(F)F)cc2)n1. The van der Waals surface area contributed by atoms with Gasteiger partial charge in [-0.15, -0.1) is 0 Å². The predicted molar refractivity (Wildman–Crippen MR) is 71.5 cm³/mol. The summed E-state index contributed by atoms with van der Waals surface area (Å²) in [7, 11) is 0. The van der Waals surface area contributed by atoms with Gasteiger partial charge >= 0.3 is 6.18 Å². The van der Waals surface area contributed by atoms with Gasteiger partial charge in [0, 0.05) is 18.1 Å². The third-order valence-corrected chi connectivity index (χ3v) is 2.92. The van der Waals surface area contributed by atoms with E-state index >= 15 is 0 Å². The fraction of sp³-hybridized carbons (Fsp3) is 0.286. The van der Waals surface area contributed by atoms with E-state index in [-0.39, 0.29) is 0 Å². The fourth-order valence-corrected chi connectivity index (χ4v) is 1.98. The summed E-state index contributed by atoms with van der Waals surface area (Å²) in [5.74, 6) is 0.592. The quantitative estimate of drug-likeness (QED) is 0.763. The Bertz CT molecular complexity index is 594. The standard InChI is InChI=1S/C14H12ClF3N2/c1-2-3-13-19-11(8-12(15)20-13)9-4-6-10(7-5-9)14(16,17)18/h4-8H,2-3H2,1H3. The lowest BCUT2D eigenvalue weighted by Crippen LogP contribution is -2.04. The highest BCUT2D eigenvalue weighted by molar-refractivity contribution is 6.29. The molecule has 0 radical (unpaired) electrons. The lowest BCUT2D eigenvalue weighted by Gasteiger charge is -2.08. The monoisotopic (exact) mass is 300 g/mol. The first kappa shape index (κ1) is 14.8. The summed E-state index contributed by atoms with van der Waals surface area (Å²) in [5, 5.41) is 0.290. The number of alkyl halides is 3. The van der Waals surface area contributed by atoms with E-state index in [9.17, 15) is 13.2 Å². The molecule has 0 saturated carbocycles. The molecule has 0 atom stereocenters. The Morgan fingerprint density at radius 3 is 2.30 bits per heavy atom. The Morgan fingerprint density at radius 2 is 1.75 bits per heavy atom.